The Morgan fingerprint density at radius 3 is 3.14 bits per heavy atom. The quantitative estimate of drug-likeness (QED) is 0.431. The Kier molecular flexibility index (Phi) is 4.50. The van der Waals surface area contributed by atoms with Gasteiger partial charge < -0.3 is 15.2 Å². The molecule has 3 aliphatic rings. The van der Waals surface area contributed by atoms with Crippen LogP contribution in [0.25, 0.3) is 0 Å². The summed E-state index contributed by atoms with van der Waals surface area (Å²) in [4.78, 5) is 10.6. The summed E-state index contributed by atoms with van der Waals surface area (Å²) in [6.07, 6.45) is 15.5. The van der Waals surface area contributed by atoms with Gasteiger partial charge in [-0.15, -0.1) is 0 Å². The van der Waals surface area contributed by atoms with Crippen molar-refractivity contribution in [3.8, 4) is 0 Å². The van der Waals surface area contributed by atoms with Crippen molar-refractivity contribution in [3.05, 3.63) is 36.0 Å². The van der Waals surface area contributed by atoms with E-state index in [2.05, 4.69) is 24.4 Å². The third kappa shape index (κ3) is 2.77. The highest BCUT2D eigenvalue weighted by atomic mass is 16.6. The first kappa shape index (κ1) is 15.5. The molecule has 0 amide bonds. The molecule has 0 saturated carbocycles. The van der Waals surface area contributed by atoms with E-state index in [0.717, 1.165) is 12.1 Å². The number of hydrogen-bond donors (Lipinski definition) is 2. The lowest BCUT2D eigenvalue weighted by Gasteiger charge is -2.29. The van der Waals surface area contributed by atoms with Crippen LogP contribution >= 0.6 is 0 Å². The summed E-state index contributed by atoms with van der Waals surface area (Å²) in [6, 6.07) is 0.244. The van der Waals surface area contributed by atoms with E-state index in [1.807, 2.05) is 6.08 Å². The number of ether oxygens (including phenoxy) is 1. The lowest BCUT2D eigenvalue weighted by Crippen LogP contribution is -2.49. The number of piperidine rings is 1. The van der Waals surface area contributed by atoms with Crippen molar-refractivity contribution in [3.63, 3.8) is 0 Å². The maximum atomic E-state index is 10.6. The van der Waals surface area contributed by atoms with Crippen molar-refractivity contribution in [2.45, 2.75) is 56.8 Å². The van der Waals surface area contributed by atoms with Gasteiger partial charge in [0, 0.05) is 18.5 Å². The Bertz CT molecular complexity index is 522. The predicted molar refractivity (Wildman–Crippen MR) is 85.6 cm³/mol. The van der Waals surface area contributed by atoms with E-state index >= 15 is 0 Å². The molecular weight excluding hydrogens is 278 g/mol. The average Bonchev–Trinajstić information content (AvgIpc) is 3.15. The van der Waals surface area contributed by atoms with Crippen molar-refractivity contribution in [1.82, 2.24) is 5.32 Å². The average molecular weight is 303 g/mol. The summed E-state index contributed by atoms with van der Waals surface area (Å²) in [6.45, 7) is 3.25. The molecule has 4 nitrogen and oxygen atoms in total. The van der Waals surface area contributed by atoms with Crippen molar-refractivity contribution >= 4 is 5.97 Å². The number of carboxylic acids is 1. The van der Waals surface area contributed by atoms with Crippen molar-refractivity contribution in [1.29, 1.82) is 0 Å². The summed E-state index contributed by atoms with van der Waals surface area (Å²) in [5.74, 6) is -0.350. The molecule has 22 heavy (non-hydrogen) atoms. The van der Waals surface area contributed by atoms with Gasteiger partial charge in [0.05, 0.1) is 12.1 Å². The molecule has 2 fully saturated rings. The fourth-order valence-electron chi connectivity index (χ4n) is 3.87. The topological polar surface area (TPSA) is 61.9 Å². The molecule has 0 unspecified atom stereocenters. The fourth-order valence-corrected chi connectivity index (χ4v) is 3.87. The normalized spacial score (nSPS) is 37.5. The van der Waals surface area contributed by atoms with Crippen LogP contribution in [-0.2, 0) is 9.53 Å². The second-order valence-corrected chi connectivity index (χ2v) is 6.51. The largest absolute Gasteiger partial charge is 0.478 e. The van der Waals surface area contributed by atoms with Crippen LogP contribution in [0.15, 0.2) is 36.0 Å². The van der Waals surface area contributed by atoms with Gasteiger partial charge in [0.1, 0.15) is 5.60 Å². The molecule has 120 valence electrons. The molecule has 1 spiro atoms. The van der Waals surface area contributed by atoms with Gasteiger partial charge >= 0.3 is 5.97 Å². The van der Waals surface area contributed by atoms with Crippen molar-refractivity contribution < 1.29 is 14.6 Å². The second-order valence-electron chi connectivity index (χ2n) is 6.51. The number of allylic oxidation sites excluding steroid dienone is 2. The molecular formula is C18H25NO3. The Labute approximate surface area is 131 Å². The lowest BCUT2D eigenvalue weighted by atomic mass is 9.81. The summed E-state index contributed by atoms with van der Waals surface area (Å²) in [5.41, 5.74) is 0.877. The Balaban J connectivity index is 1.63. The van der Waals surface area contributed by atoms with Crippen molar-refractivity contribution in [2.75, 3.05) is 6.54 Å². The van der Waals surface area contributed by atoms with Gasteiger partial charge in [0.2, 0.25) is 0 Å². The number of carboxylic acid groups (broad SMARTS) is 1. The molecule has 4 heteroatoms. The fraction of sp³-hybridized carbons (Fsp3) is 0.611. The van der Waals surface area contributed by atoms with E-state index < -0.39 is 5.97 Å². The SMILES string of the molecule is CCCCCC[C@H]1CN[C@@H]2C=C/C(=C/C=C/C(=O)O)[C@@]23O[C@H]13. The molecule has 4 atom stereocenters. The first-order chi connectivity index (χ1) is 10.7. The maximum absolute atomic E-state index is 10.6. The highest BCUT2D eigenvalue weighted by Crippen LogP contribution is 2.56. The zero-order valence-electron chi connectivity index (χ0n) is 13.1. The predicted octanol–water partition coefficient (Wildman–Crippen LogP) is 2.82. The lowest BCUT2D eigenvalue weighted by molar-refractivity contribution is -0.131. The van der Waals surface area contributed by atoms with E-state index in [9.17, 15) is 4.79 Å². The maximum Gasteiger partial charge on any atom is 0.328 e. The molecule has 1 aliphatic carbocycles. The monoisotopic (exact) mass is 303 g/mol. The zero-order chi connectivity index (χ0) is 15.6. The summed E-state index contributed by atoms with van der Waals surface area (Å²) >= 11 is 0. The molecule has 0 radical (unpaired) electrons. The standard InChI is InChI=1S/C18H25NO3/c1-2-3-4-5-7-13-12-19-15-11-10-14(8-6-9-16(20)21)18(15)17(13)22-18/h6,8-11,13,15,17,19H,2-5,7,12H2,1H3,(H,20,21)/b9-6+,14-8-/t13-,15+,17+,18+/m0/s1. The molecule has 2 heterocycles. The van der Waals surface area contributed by atoms with Crippen LogP contribution in [0.2, 0.25) is 0 Å². The molecule has 3 rings (SSSR count). The van der Waals surface area contributed by atoms with Crippen LogP contribution in [0.4, 0.5) is 0 Å². The summed E-state index contributed by atoms with van der Waals surface area (Å²) < 4.78 is 6.15. The first-order valence-electron chi connectivity index (χ1n) is 8.39. The molecule has 0 aromatic heterocycles. The molecule has 2 aliphatic heterocycles. The van der Waals surface area contributed by atoms with Gasteiger partial charge in [-0.3, -0.25) is 0 Å². The molecule has 0 bridgehead atoms. The third-order valence-electron chi connectivity index (χ3n) is 5.04. The van der Waals surface area contributed by atoms with Gasteiger partial charge in [0.15, 0.2) is 0 Å². The van der Waals surface area contributed by atoms with E-state index in [-0.39, 0.29) is 11.6 Å². The van der Waals surface area contributed by atoms with Gasteiger partial charge in [0.25, 0.3) is 0 Å². The first-order valence-corrected chi connectivity index (χ1v) is 8.39. The minimum absolute atomic E-state index is 0.226. The van der Waals surface area contributed by atoms with Gasteiger partial charge in [-0.25, -0.2) is 4.79 Å². The van der Waals surface area contributed by atoms with E-state index in [1.54, 1.807) is 6.08 Å². The highest BCUT2D eigenvalue weighted by Gasteiger charge is 2.68. The van der Waals surface area contributed by atoms with Gasteiger partial charge in [-0.05, 0) is 12.0 Å². The van der Waals surface area contributed by atoms with Crippen LogP contribution in [-0.4, -0.2) is 35.4 Å². The van der Waals surface area contributed by atoms with Gasteiger partial charge in [-0.1, -0.05) is 56.9 Å². The number of nitrogens with one attached hydrogen (secondary N) is 1. The molecule has 2 saturated heterocycles. The molecule has 2 N–H and O–H groups in total. The Morgan fingerprint density at radius 1 is 1.50 bits per heavy atom. The summed E-state index contributed by atoms with van der Waals surface area (Å²) in [5, 5.41) is 12.3. The minimum Gasteiger partial charge on any atom is -0.478 e. The van der Waals surface area contributed by atoms with E-state index in [0.29, 0.717) is 12.0 Å². The van der Waals surface area contributed by atoms with E-state index in [1.165, 1.54) is 38.2 Å². The number of epoxide rings is 1. The third-order valence-corrected chi connectivity index (χ3v) is 5.04. The minimum atomic E-state index is -0.920. The van der Waals surface area contributed by atoms with Crippen LogP contribution in [0.1, 0.15) is 39.0 Å². The van der Waals surface area contributed by atoms with Crippen LogP contribution < -0.4 is 5.32 Å². The van der Waals surface area contributed by atoms with Crippen LogP contribution in [0.3, 0.4) is 0 Å². The number of aliphatic carboxylic acids is 1. The number of hydrogen-bond acceptors (Lipinski definition) is 3. The summed E-state index contributed by atoms with van der Waals surface area (Å²) in [7, 11) is 0. The highest BCUT2D eigenvalue weighted by molar-refractivity contribution is 5.80. The van der Waals surface area contributed by atoms with Crippen LogP contribution in [0.5, 0.6) is 0 Å². The Hall–Kier alpha value is -1.39. The number of carbonyl (C=O) groups is 1. The van der Waals surface area contributed by atoms with E-state index in [4.69, 9.17) is 9.84 Å². The second kappa shape index (κ2) is 6.39. The Morgan fingerprint density at radius 2 is 2.36 bits per heavy atom. The zero-order valence-corrected chi connectivity index (χ0v) is 13.1. The number of rotatable bonds is 7. The van der Waals surface area contributed by atoms with Gasteiger partial charge in [-0.2, -0.15) is 0 Å². The number of unbranched alkanes of at least 4 members (excludes halogenated alkanes) is 3. The van der Waals surface area contributed by atoms with Crippen molar-refractivity contribution in [2.24, 2.45) is 5.92 Å². The molecule has 0 aromatic carbocycles. The molecule has 0 aromatic rings. The van der Waals surface area contributed by atoms with Crippen LogP contribution in [0, 0.1) is 5.92 Å². The smallest absolute Gasteiger partial charge is 0.328 e.